The van der Waals surface area contributed by atoms with E-state index in [0.717, 1.165) is 11.4 Å². The summed E-state index contributed by atoms with van der Waals surface area (Å²) in [6.45, 7) is 1.91. The fraction of sp³-hybridized carbons (Fsp3) is 0.500. The third-order valence-electron chi connectivity index (χ3n) is 1.91. The summed E-state index contributed by atoms with van der Waals surface area (Å²) >= 11 is 0. The molecule has 0 saturated carbocycles. The van der Waals surface area contributed by atoms with Gasteiger partial charge in [0, 0.05) is 19.2 Å². The molecule has 0 aliphatic heterocycles. The molecular formula is C8H13N3O2. The predicted octanol–water partition coefficient (Wildman–Crippen LogP) is -0.317. The number of hydrogen-bond acceptors (Lipinski definition) is 3. The first kappa shape index (κ1) is 9.73. The van der Waals surface area contributed by atoms with Crippen molar-refractivity contribution in [2.75, 3.05) is 0 Å². The van der Waals surface area contributed by atoms with Gasteiger partial charge in [-0.25, -0.2) is 0 Å². The predicted molar refractivity (Wildman–Crippen MR) is 47.3 cm³/mol. The van der Waals surface area contributed by atoms with Gasteiger partial charge in [0.05, 0.1) is 5.69 Å². The molecule has 3 N–H and O–H groups in total. The lowest BCUT2D eigenvalue weighted by Gasteiger charge is -2.01. The van der Waals surface area contributed by atoms with Crippen LogP contribution in [0.4, 0.5) is 0 Å². The topological polar surface area (TPSA) is 81.1 Å². The van der Waals surface area contributed by atoms with Gasteiger partial charge < -0.3 is 10.8 Å². The monoisotopic (exact) mass is 183 g/mol. The number of carboxylic acid groups (broad SMARTS) is 1. The van der Waals surface area contributed by atoms with Gasteiger partial charge in [0.15, 0.2) is 0 Å². The fourth-order valence-electron chi connectivity index (χ4n) is 1.05. The second-order valence-corrected chi connectivity index (χ2v) is 3.05. The number of carbonyl (C=O) groups is 1. The van der Waals surface area contributed by atoms with Gasteiger partial charge >= 0.3 is 5.97 Å². The highest BCUT2D eigenvalue weighted by Crippen LogP contribution is 2.03. The number of carboxylic acids is 1. The van der Waals surface area contributed by atoms with E-state index in [1.54, 1.807) is 4.68 Å². The van der Waals surface area contributed by atoms with Crippen molar-refractivity contribution in [3.05, 3.63) is 17.5 Å². The molecule has 0 amide bonds. The molecule has 5 nitrogen and oxygen atoms in total. The maximum Gasteiger partial charge on any atom is 0.320 e. The second kappa shape index (κ2) is 3.57. The maximum absolute atomic E-state index is 10.4. The Kier molecular flexibility index (Phi) is 2.67. The molecule has 0 radical (unpaired) electrons. The van der Waals surface area contributed by atoms with Gasteiger partial charge in [-0.05, 0) is 13.0 Å². The summed E-state index contributed by atoms with van der Waals surface area (Å²) in [7, 11) is 1.81. The van der Waals surface area contributed by atoms with E-state index in [4.69, 9.17) is 10.8 Å². The van der Waals surface area contributed by atoms with Crippen molar-refractivity contribution in [3.8, 4) is 0 Å². The molecule has 1 aromatic rings. The molecular weight excluding hydrogens is 170 g/mol. The van der Waals surface area contributed by atoms with Crippen LogP contribution >= 0.6 is 0 Å². The molecule has 0 aromatic carbocycles. The van der Waals surface area contributed by atoms with E-state index in [0.29, 0.717) is 0 Å². The van der Waals surface area contributed by atoms with E-state index in [1.165, 1.54) is 0 Å². The SMILES string of the molecule is Cc1cc(C[C@H](N)C(=O)O)nn1C. The van der Waals surface area contributed by atoms with E-state index < -0.39 is 12.0 Å². The van der Waals surface area contributed by atoms with Crippen LogP contribution in [0.15, 0.2) is 6.07 Å². The Morgan fingerprint density at radius 3 is 2.85 bits per heavy atom. The Morgan fingerprint density at radius 2 is 2.46 bits per heavy atom. The molecule has 13 heavy (non-hydrogen) atoms. The lowest BCUT2D eigenvalue weighted by atomic mass is 10.2. The Labute approximate surface area is 76.2 Å². The van der Waals surface area contributed by atoms with Crippen LogP contribution in [-0.2, 0) is 18.3 Å². The van der Waals surface area contributed by atoms with Crippen LogP contribution in [0.2, 0.25) is 0 Å². The third-order valence-corrected chi connectivity index (χ3v) is 1.91. The molecule has 0 aliphatic carbocycles. The summed E-state index contributed by atoms with van der Waals surface area (Å²) < 4.78 is 1.70. The molecule has 1 atom stereocenters. The van der Waals surface area contributed by atoms with Crippen LogP contribution in [0.3, 0.4) is 0 Å². The summed E-state index contributed by atoms with van der Waals surface area (Å²) in [4.78, 5) is 10.4. The minimum atomic E-state index is -0.997. The lowest BCUT2D eigenvalue weighted by Crippen LogP contribution is -2.32. The zero-order chi connectivity index (χ0) is 10.0. The van der Waals surface area contributed by atoms with E-state index in [-0.39, 0.29) is 6.42 Å². The average Bonchev–Trinajstić information content (AvgIpc) is 2.31. The Balaban J connectivity index is 2.69. The highest BCUT2D eigenvalue weighted by molar-refractivity contribution is 5.73. The molecule has 72 valence electrons. The number of rotatable bonds is 3. The van der Waals surface area contributed by atoms with E-state index in [1.807, 2.05) is 20.0 Å². The first-order chi connectivity index (χ1) is 6.00. The Morgan fingerprint density at radius 1 is 1.85 bits per heavy atom. The van der Waals surface area contributed by atoms with E-state index in [2.05, 4.69) is 5.10 Å². The summed E-state index contributed by atoms with van der Waals surface area (Å²) in [5, 5.41) is 12.7. The van der Waals surface area contributed by atoms with Gasteiger partial charge in [-0.1, -0.05) is 0 Å². The zero-order valence-corrected chi connectivity index (χ0v) is 7.69. The molecule has 0 spiro atoms. The van der Waals surface area contributed by atoms with Crippen LogP contribution < -0.4 is 5.73 Å². The number of aromatic nitrogens is 2. The Bertz CT molecular complexity index is 300. The minimum Gasteiger partial charge on any atom is -0.480 e. The van der Waals surface area contributed by atoms with Crippen LogP contribution in [0.5, 0.6) is 0 Å². The Hall–Kier alpha value is -1.36. The fourth-order valence-corrected chi connectivity index (χ4v) is 1.05. The smallest absolute Gasteiger partial charge is 0.320 e. The summed E-state index contributed by atoms with van der Waals surface area (Å²) in [6, 6.07) is 0.970. The van der Waals surface area contributed by atoms with Crippen molar-refractivity contribution in [1.82, 2.24) is 9.78 Å². The lowest BCUT2D eigenvalue weighted by molar-refractivity contribution is -0.138. The standard InChI is InChI=1S/C8H13N3O2/c1-5-3-6(10-11(5)2)4-7(9)8(12)13/h3,7H,4,9H2,1-2H3,(H,12,13)/t7-/m0/s1. The highest BCUT2D eigenvalue weighted by atomic mass is 16.4. The summed E-state index contributed by atoms with van der Waals surface area (Å²) in [6.07, 6.45) is 0.275. The van der Waals surface area contributed by atoms with Crippen LogP contribution in [-0.4, -0.2) is 26.9 Å². The maximum atomic E-state index is 10.4. The quantitative estimate of drug-likeness (QED) is 0.673. The zero-order valence-electron chi connectivity index (χ0n) is 7.69. The van der Waals surface area contributed by atoms with Crippen molar-refractivity contribution in [1.29, 1.82) is 0 Å². The highest BCUT2D eigenvalue weighted by Gasteiger charge is 2.14. The summed E-state index contributed by atoms with van der Waals surface area (Å²) in [5.41, 5.74) is 7.07. The van der Waals surface area contributed by atoms with Crippen molar-refractivity contribution in [3.63, 3.8) is 0 Å². The van der Waals surface area contributed by atoms with Crippen LogP contribution in [0.25, 0.3) is 0 Å². The van der Waals surface area contributed by atoms with E-state index in [9.17, 15) is 4.79 Å². The first-order valence-electron chi connectivity index (χ1n) is 3.98. The molecule has 0 unspecified atom stereocenters. The number of nitrogens with zero attached hydrogens (tertiary/aromatic N) is 2. The molecule has 1 aromatic heterocycles. The van der Waals surface area contributed by atoms with Crippen LogP contribution in [0, 0.1) is 6.92 Å². The molecule has 0 aliphatic rings. The van der Waals surface area contributed by atoms with Gasteiger partial charge in [-0.15, -0.1) is 0 Å². The van der Waals surface area contributed by atoms with Gasteiger partial charge in [0.25, 0.3) is 0 Å². The molecule has 1 heterocycles. The van der Waals surface area contributed by atoms with Gasteiger partial charge in [-0.2, -0.15) is 5.10 Å². The first-order valence-corrected chi connectivity index (χ1v) is 3.98. The molecule has 0 bridgehead atoms. The van der Waals surface area contributed by atoms with Crippen molar-refractivity contribution < 1.29 is 9.90 Å². The second-order valence-electron chi connectivity index (χ2n) is 3.05. The van der Waals surface area contributed by atoms with Crippen molar-refractivity contribution >= 4 is 5.97 Å². The number of aryl methyl sites for hydroxylation is 2. The number of hydrogen-bond donors (Lipinski definition) is 2. The molecule has 5 heteroatoms. The van der Waals surface area contributed by atoms with Gasteiger partial charge in [0.2, 0.25) is 0 Å². The molecule has 1 rings (SSSR count). The largest absolute Gasteiger partial charge is 0.480 e. The molecule has 0 saturated heterocycles. The number of aliphatic carboxylic acids is 1. The third kappa shape index (κ3) is 2.29. The number of nitrogens with two attached hydrogens (primary N) is 1. The minimum absolute atomic E-state index is 0.275. The summed E-state index contributed by atoms with van der Waals surface area (Å²) in [5.74, 6) is -0.997. The normalized spacial score (nSPS) is 12.8. The van der Waals surface area contributed by atoms with Crippen LogP contribution in [0.1, 0.15) is 11.4 Å². The van der Waals surface area contributed by atoms with Gasteiger partial charge in [-0.3, -0.25) is 9.48 Å². The van der Waals surface area contributed by atoms with Crippen molar-refractivity contribution in [2.45, 2.75) is 19.4 Å². The van der Waals surface area contributed by atoms with Gasteiger partial charge in [0.1, 0.15) is 6.04 Å². The average molecular weight is 183 g/mol. The molecule has 0 fully saturated rings. The van der Waals surface area contributed by atoms with E-state index >= 15 is 0 Å². The van der Waals surface area contributed by atoms with Crippen molar-refractivity contribution in [2.24, 2.45) is 12.8 Å².